The van der Waals surface area contributed by atoms with Crippen molar-refractivity contribution in [3.63, 3.8) is 0 Å². The zero-order chi connectivity index (χ0) is 29.0. The molecule has 5 nitrogen and oxygen atoms in total. The van der Waals surface area contributed by atoms with E-state index in [9.17, 15) is 9.59 Å². The molecule has 1 amide bonds. The van der Waals surface area contributed by atoms with Crippen molar-refractivity contribution in [2.75, 3.05) is 26.4 Å². The predicted molar refractivity (Wildman–Crippen MR) is 169 cm³/mol. The molecule has 0 N–H and O–H groups in total. The zero-order valence-electron chi connectivity index (χ0n) is 24.8. The summed E-state index contributed by atoms with van der Waals surface area (Å²) in [6.45, 7) is 8.18. The third-order valence-electron chi connectivity index (χ3n) is 7.29. The van der Waals surface area contributed by atoms with Crippen LogP contribution in [0.4, 0.5) is 4.79 Å². The Morgan fingerprint density at radius 2 is 1.25 bits per heavy atom. The van der Waals surface area contributed by atoms with Crippen LogP contribution in [-0.4, -0.2) is 48.9 Å². The number of nitrogens with zero attached hydrogens (tertiary/aromatic N) is 1. The van der Waals surface area contributed by atoms with E-state index < -0.39 is 12.9 Å². The molecule has 1 unspecified atom stereocenters. The van der Waals surface area contributed by atoms with E-state index in [1.165, 1.54) is 15.9 Å². The quantitative estimate of drug-likeness (QED) is 0.139. The van der Waals surface area contributed by atoms with Gasteiger partial charge in [0.2, 0.25) is 0 Å². The topological polar surface area (TPSA) is 55.8 Å². The van der Waals surface area contributed by atoms with E-state index >= 15 is 0 Å². The number of rotatable bonds is 13. The van der Waals surface area contributed by atoms with Crippen LogP contribution in [0.15, 0.2) is 91.0 Å². The van der Waals surface area contributed by atoms with Crippen LogP contribution in [0.1, 0.15) is 53.4 Å². The zero-order valence-corrected chi connectivity index (χ0v) is 25.8. The van der Waals surface area contributed by atoms with Crippen LogP contribution in [0.25, 0.3) is 0 Å². The minimum absolute atomic E-state index is 0.183. The van der Waals surface area contributed by atoms with E-state index in [0.29, 0.717) is 19.6 Å². The first-order valence-corrected chi connectivity index (χ1v) is 16.7. The summed E-state index contributed by atoms with van der Waals surface area (Å²) in [5.41, 5.74) is -0.557. The molecular formula is C34H46NO4P. The molecule has 3 aromatic rings. The molecule has 0 radical (unpaired) electrons. The number of benzene rings is 3. The predicted octanol–water partition coefficient (Wildman–Crippen LogP) is 6.32. The van der Waals surface area contributed by atoms with E-state index in [1.807, 2.05) is 27.7 Å². The molecule has 0 aliphatic rings. The Morgan fingerprint density at radius 1 is 0.775 bits per heavy atom. The van der Waals surface area contributed by atoms with Crippen molar-refractivity contribution in [3.8, 4) is 0 Å². The third-order valence-corrected chi connectivity index (χ3v) is 12.4. The Kier molecular flexibility index (Phi) is 11.8. The summed E-state index contributed by atoms with van der Waals surface area (Å²) in [5, 5.41) is 4.19. The van der Waals surface area contributed by atoms with E-state index in [1.54, 1.807) is 11.9 Å². The first-order valence-electron chi connectivity index (χ1n) is 14.4. The molecule has 3 rings (SSSR count). The van der Waals surface area contributed by atoms with Crippen molar-refractivity contribution in [2.45, 2.75) is 59.0 Å². The summed E-state index contributed by atoms with van der Waals surface area (Å²) in [6, 6.07) is 32.7. The molecule has 216 valence electrons. The van der Waals surface area contributed by atoms with Gasteiger partial charge in [-0.3, -0.25) is 0 Å². The van der Waals surface area contributed by atoms with E-state index in [4.69, 9.17) is 9.47 Å². The van der Waals surface area contributed by atoms with Gasteiger partial charge in [-0.15, -0.1) is 0 Å². The molecule has 0 saturated carbocycles. The molecule has 6 heteroatoms. The van der Waals surface area contributed by atoms with Gasteiger partial charge in [-0.2, -0.15) is 0 Å². The Balaban J connectivity index is 1.77. The van der Waals surface area contributed by atoms with Crippen molar-refractivity contribution in [3.05, 3.63) is 91.0 Å². The summed E-state index contributed by atoms with van der Waals surface area (Å²) in [5.74, 6) is -0.441. The van der Waals surface area contributed by atoms with Crippen LogP contribution in [0.2, 0.25) is 0 Å². The maximum atomic E-state index is 12.9. The second-order valence-electron chi connectivity index (χ2n) is 11.4. The molecule has 40 heavy (non-hydrogen) atoms. The van der Waals surface area contributed by atoms with Gasteiger partial charge in [0.05, 0.1) is 0 Å². The number of carbonyl (C=O) groups is 2. The van der Waals surface area contributed by atoms with Gasteiger partial charge in [-0.05, 0) is 0 Å². The fourth-order valence-electron chi connectivity index (χ4n) is 5.30. The standard InChI is InChI=1S/C34H46NO4P/c1-6-38-32(36)28(25-26-35(5)33(37)39-34(2,3)4)18-16-17-27-40(29-19-10-7-11-20-29,30-21-12-8-13-22-30)31-23-14-9-15-24-31/h7-15,19-24,28,40H,6,16-18,25-27H2,1-5H3. The first-order chi connectivity index (χ1) is 19.2. The van der Waals surface area contributed by atoms with Crippen molar-refractivity contribution in [2.24, 2.45) is 5.92 Å². The average Bonchev–Trinajstić information content (AvgIpc) is 2.95. The summed E-state index contributed by atoms with van der Waals surface area (Å²) in [4.78, 5) is 26.8. The Labute approximate surface area is 241 Å². The molecule has 0 bridgehead atoms. The molecule has 0 spiro atoms. The third kappa shape index (κ3) is 8.66. The fourth-order valence-corrected chi connectivity index (χ4v) is 10.2. The van der Waals surface area contributed by atoms with E-state index in [-0.39, 0.29) is 18.0 Å². The summed E-state index contributed by atoms with van der Waals surface area (Å²) in [7, 11) is -0.580. The molecule has 1 atom stereocenters. The number of unbranched alkanes of at least 4 members (excludes halogenated alkanes) is 1. The first kappa shape index (κ1) is 31.4. The Hall–Kier alpha value is -3.17. The molecular weight excluding hydrogens is 517 g/mol. The Morgan fingerprint density at radius 3 is 1.68 bits per heavy atom. The summed E-state index contributed by atoms with van der Waals surface area (Å²) in [6.07, 6.45) is 3.83. The monoisotopic (exact) mass is 563 g/mol. The van der Waals surface area contributed by atoms with Crippen molar-refractivity contribution >= 4 is 35.2 Å². The molecule has 0 aliphatic heterocycles. The second-order valence-corrected chi connectivity index (χ2v) is 15.4. The van der Waals surface area contributed by atoms with Crippen molar-refractivity contribution in [1.29, 1.82) is 0 Å². The number of hydrogen-bond donors (Lipinski definition) is 0. The normalized spacial score (nSPS) is 12.8. The van der Waals surface area contributed by atoms with Crippen LogP contribution in [0.3, 0.4) is 0 Å². The number of hydrogen-bond acceptors (Lipinski definition) is 4. The van der Waals surface area contributed by atoms with Crippen LogP contribution in [0, 0.1) is 5.92 Å². The van der Waals surface area contributed by atoms with Crippen molar-refractivity contribution < 1.29 is 19.1 Å². The molecule has 0 aliphatic carbocycles. The van der Waals surface area contributed by atoms with Gasteiger partial charge >= 0.3 is 241 Å². The van der Waals surface area contributed by atoms with Gasteiger partial charge in [0.1, 0.15) is 0 Å². The molecule has 0 aromatic heterocycles. The number of carbonyl (C=O) groups excluding carboxylic acids is 2. The van der Waals surface area contributed by atoms with Crippen LogP contribution >= 0.6 is 7.26 Å². The SMILES string of the molecule is CCOC(=O)C(CCCC[PH](c1ccccc1)(c1ccccc1)c1ccccc1)CCN(C)C(=O)OC(C)(C)C. The molecule has 0 fully saturated rings. The van der Waals surface area contributed by atoms with Gasteiger partial charge in [0.25, 0.3) is 0 Å². The molecule has 3 aromatic carbocycles. The van der Waals surface area contributed by atoms with E-state index in [2.05, 4.69) is 91.0 Å². The van der Waals surface area contributed by atoms with E-state index in [0.717, 1.165) is 25.4 Å². The fraction of sp³-hybridized carbons (Fsp3) is 0.412. The average molecular weight is 564 g/mol. The van der Waals surface area contributed by atoms with Gasteiger partial charge in [-0.25, -0.2) is 0 Å². The van der Waals surface area contributed by atoms with Crippen LogP contribution in [-0.2, 0) is 14.3 Å². The molecule has 0 heterocycles. The van der Waals surface area contributed by atoms with Crippen LogP contribution < -0.4 is 15.9 Å². The number of amides is 1. The number of esters is 1. The second kappa shape index (κ2) is 15.0. The van der Waals surface area contributed by atoms with Crippen molar-refractivity contribution in [1.82, 2.24) is 4.90 Å². The van der Waals surface area contributed by atoms with Gasteiger partial charge in [0.15, 0.2) is 0 Å². The summed E-state index contributed by atoms with van der Waals surface area (Å²) >= 11 is 0. The maximum absolute atomic E-state index is 12.9. The number of ether oxygens (including phenoxy) is 2. The summed E-state index contributed by atoms with van der Waals surface area (Å²) < 4.78 is 10.9. The molecule has 0 saturated heterocycles. The van der Waals surface area contributed by atoms with Gasteiger partial charge in [-0.1, -0.05) is 0 Å². The minimum atomic E-state index is -2.30. The Bertz CT molecular complexity index is 1080. The van der Waals surface area contributed by atoms with Gasteiger partial charge in [0, 0.05) is 0 Å². The van der Waals surface area contributed by atoms with Gasteiger partial charge < -0.3 is 0 Å². The van der Waals surface area contributed by atoms with Crippen LogP contribution in [0.5, 0.6) is 0 Å².